The SMILES string of the molecule is O=C(CNCCc1ccc(Cl)cc1Cl)NCC1CCCO1. The van der Waals surface area contributed by atoms with Crippen LogP contribution in [0.2, 0.25) is 10.0 Å². The lowest BCUT2D eigenvalue weighted by atomic mass is 10.1. The van der Waals surface area contributed by atoms with Crippen molar-refractivity contribution in [3.63, 3.8) is 0 Å². The second-order valence-corrected chi connectivity index (χ2v) is 5.95. The van der Waals surface area contributed by atoms with Gasteiger partial charge in [-0.1, -0.05) is 29.3 Å². The first kappa shape index (κ1) is 16.6. The first-order valence-corrected chi connectivity index (χ1v) is 7.93. The molecular weight excluding hydrogens is 311 g/mol. The molecule has 1 unspecified atom stereocenters. The normalized spacial score (nSPS) is 17.9. The van der Waals surface area contributed by atoms with Gasteiger partial charge in [0, 0.05) is 23.2 Å². The second-order valence-electron chi connectivity index (χ2n) is 5.10. The van der Waals surface area contributed by atoms with Crippen molar-refractivity contribution in [2.75, 3.05) is 26.2 Å². The summed E-state index contributed by atoms with van der Waals surface area (Å²) in [5, 5.41) is 7.27. The van der Waals surface area contributed by atoms with Crippen LogP contribution in [0.25, 0.3) is 0 Å². The second kappa shape index (κ2) is 8.59. The Balaban J connectivity index is 1.59. The molecule has 1 fully saturated rings. The number of halogens is 2. The lowest BCUT2D eigenvalue weighted by molar-refractivity contribution is -0.120. The van der Waals surface area contributed by atoms with E-state index in [0.717, 1.165) is 31.4 Å². The molecule has 1 heterocycles. The van der Waals surface area contributed by atoms with E-state index in [1.54, 1.807) is 6.07 Å². The summed E-state index contributed by atoms with van der Waals surface area (Å²) in [6.45, 7) is 2.40. The van der Waals surface area contributed by atoms with Crippen LogP contribution in [-0.2, 0) is 16.0 Å². The molecule has 0 spiro atoms. The Morgan fingerprint density at radius 3 is 2.95 bits per heavy atom. The number of rotatable bonds is 7. The molecule has 1 aromatic rings. The summed E-state index contributed by atoms with van der Waals surface area (Å²) < 4.78 is 5.45. The number of hydrogen-bond acceptors (Lipinski definition) is 3. The summed E-state index contributed by atoms with van der Waals surface area (Å²) in [5.41, 5.74) is 1.02. The molecule has 0 radical (unpaired) electrons. The molecule has 1 aliphatic rings. The van der Waals surface area contributed by atoms with Gasteiger partial charge in [0.1, 0.15) is 0 Å². The van der Waals surface area contributed by atoms with Crippen molar-refractivity contribution in [3.8, 4) is 0 Å². The molecule has 0 aromatic heterocycles. The Hall–Kier alpha value is -0.810. The maximum atomic E-state index is 11.7. The van der Waals surface area contributed by atoms with Gasteiger partial charge in [-0.2, -0.15) is 0 Å². The van der Waals surface area contributed by atoms with E-state index >= 15 is 0 Å². The number of benzene rings is 1. The van der Waals surface area contributed by atoms with Gasteiger partial charge in [0.25, 0.3) is 0 Å². The standard InChI is InChI=1S/C15H20Cl2N2O2/c16-12-4-3-11(14(17)8-12)5-6-18-10-15(20)19-9-13-2-1-7-21-13/h3-4,8,13,18H,1-2,5-7,9-10H2,(H,19,20). The third-order valence-electron chi connectivity index (χ3n) is 3.42. The molecule has 0 bridgehead atoms. The highest BCUT2D eigenvalue weighted by atomic mass is 35.5. The molecule has 116 valence electrons. The van der Waals surface area contributed by atoms with Gasteiger partial charge in [0.15, 0.2) is 0 Å². The predicted octanol–water partition coefficient (Wildman–Crippen LogP) is 2.42. The number of nitrogens with one attached hydrogen (secondary N) is 2. The van der Waals surface area contributed by atoms with Crippen molar-refractivity contribution in [1.82, 2.24) is 10.6 Å². The first-order chi connectivity index (χ1) is 10.1. The Kier molecular flexibility index (Phi) is 6.77. The fourth-order valence-corrected chi connectivity index (χ4v) is 2.75. The highest BCUT2D eigenvalue weighted by Gasteiger charge is 2.15. The Morgan fingerprint density at radius 1 is 1.38 bits per heavy atom. The molecular formula is C15H20Cl2N2O2. The van der Waals surface area contributed by atoms with Crippen LogP contribution in [-0.4, -0.2) is 38.3 Å². The summed E-state index contributed by atoms with van der Waals surface area (Å²) in [5.74, 6) is -0.00676. The molecule has 4 nitrogen and oxygen atoms in total. The molecule has 2 N–H and O–H groups in total. The average molecular weight is 331 g/mol. The van der Waals surface area contributed by atoms with E-state index in [2.05, 4.69) is 10.6 Å². The van der Waals surface area contributed by atoms with Crippen LogP contribution in [0.3, 0.4) is 0 Å². The zero-order valence-corrected chi connectivity index (χ0v) is 13.3. The average Bonchev–Trinajstić information content (AvgIpc) is 2.96. The highest BCUT2D eigenvalue weighted by molar-refractivity contribution is 6.35. The van der Waals surface area contributed by atoms with Crippen molar-refractivity contribution in [2.45, 2.75) is 25.4 Å². The summed E-state index contributed by atoms with van der Waals surface area (Å²) in [7, 11) is 0. The Bertz CT molecular complexity index is 477. The summed E-state index contributed by atoms with van der Waals surface area (Å²) in [4.78, 5) is 11.7. The molecule has 1 aromatic carbocycles. The largest absolute Gasteiger partial charge is 0.376 e. The highest BCUT2D eigenvalue weighted by Crippen LogP contribution is 2.20. The maximum absolute atomic E-state index is 11.7. The van der Waals surface area contributed by atoms with Gasteiger partial charge < -0.3 is 15.4 Å². The van der Waals surface area contributed by atoms with Crippen LogP contribution >= 0.6 is 23.2 Å². The molecule has 1 amide bonds. The van der Waals surface area contributed by atoms with Gasteiger partial charge in [-0.3, -0.25) is 4.79 Å². The van der Waals surface area contributed by atoms with Crippen molar-refractivity contribution in [2.24, 2.45) is 0 Å². The van der Waals surface area contributed by atoms with E-state index in [1.807, 2.05) is 12.1 Å². The lowest BCUT2D eigenvalue weighted by Gasteiger charge is -2.11. The number of amides is 1. The van der Waals surface area contributed by atoms with Gasteiger partial charge in [-0.05, 0) is 43.5 Å². The van der Waals surface area contributed by atoms with Crippen molar-refractivity contribution in [3.05, 3.63) is 33.8 Å². The number of carbonyl (C=O) groups is 1. The maximum Gasteiger partial charge on any atom is 0.234 e. The topological polar surface area (TPSA) is 50.4 Å². The monoisotopic (exact) mass is 330 g/mol. The minimum Gasteiger partial charge on any atom is -0.376 e. The Labute approximate surface area is 135 Å². The third kappa shape index (κ3) is 5.83. The van der Waals surface area contributed by atoms with Gasteiger partial charge >= 0.3 is 0 Å². The molecule has 1 atom stereocenters. The summed E-state index contributed by atoms with van der Waals surface area (Å²) in [6, 6.07) is 5.45. The van der Waals surface area contributed by atoms with Crippen LogP contribution in [0.5, 0.6) is 0 Å². The van der Waals surface area contributed by atoms with Crippen LogP contribution in [0.4, 0.5) is 0 Å². The van der Waals surface area contributed by atoms with E-state index in [0.29, 0.717) is 29.7 Å². The van der Waals surface area contributed by atoms with Gasteiger partial charge in [0.05, 0.1) is 12.6 Å². The van der Waals surface area contributed by atoms with Crippen LogP contribution in [0.15, 0.2) is 18.2 Å². The van der Waals surface area contributed by atoms with E-state index in [-0.39, 0.29) is 12.0 Å². The summed E-state index contributed by atoms with van der Waals surface area (Å²) >= 11 is 11.9. The molecule has 21 heavy (non-hydrogen) atoms. The predicted molar refractivity (Wildman–Crippen MR) is 85.0 cm³/mol. The lowest BCUT2D eigenvalue weighted by Crippen LogP contribution is -2.38. The molecule has 0 aliphatic carbocycles. The zero-order chi connectivity index (χ0) is 15.1. The van der Waals surface area contributed by atoms with Gasteiger partial charge in [0.2, 0.25) is 5.91 Å². The third-order valence-corrected chi connectivity index (χ3v) is 4.01. The molecule has 2 rings (SSSR count). The van der Waals surface area contributed by atoms with E-state index in [1.165, 1.54) is 0 Å². The first-order valence-electron chi connectivity index (χ1n) is 7.18. The minimum absolute atomic E-state index is 0.00676. The van der Waals surface area contributed by atoms with Crippen LogP contribution in [0, 0.1) is 0 Å². The molecule has 1 saturated heterocycles. The smallest absolute Gasteiger partial charge is 0.234 e. The van der Waals surface area contributed by atoms with Crippen LogP contribution in [0.1, 0.15) is 18.4 Å². The van der Waals surface area contributed by atoms with E-state index < -0.39 is 0 Å². The fourth-order valence-electron chi connectivity index (χ4n) is 2.24. The van der Waals surface area contributed by atoms with Crippen molar-refractivity contribution < 1.29 is 9.53 Å². The number of hydrogen-bond donors (Lipinski definition) is 2. The molecule has 6 heteroatoms. The quantitative estimate of drug-likeness (QED) is 0.755. The van der Waals surface area contributed by atoms with Gasteiger partial charge in [-0.15, -0.1) is 0 Å². The molecule has 1 aliphatic heterocycles. The minimum atomic E-state index is -0.00676. The van der Waals surface area contributed by atoms with Crippen LogP contribution < -0.4 is 10.6 Å². The van der Waals surface area contributed by atoms with E-state index in [9.17, 15) is 4.79 Å². The summed E-state index contributed by atoms with van der Waals surface area (Å²) in [6.07, 6.45) is 3.06. The zero-order valence-electron chi connectivity index (χ0n) is 11.8. The van der Waals surface area contributed by atoms with Crippen molar-refractivity contribution >= 4 is 29.1 Å². The Morgan fingerprint density at radius 2 is 2.24 bits per heavy atom. The number of carbonyl (C=O) groups excluding carboxylic acids is 1. The number of ether oxygens (including phenoxy) is 1. The van der Waals surface area contributed by atoms with Crippen molar-refractivity contribution in [1.29, 1.82) is 0 Å². The van der Waals surface area contributed by atoms with Gasteiger partial charge in [-0.25, -0.2) is 0 Å². The molecule has 0 saturated carbocycles. The fraction of sp³-hybridized carbons (Fsp3) is 0.533. The van der Waals surface area contributed by atoms with E-state index in [4.69, 9.17) is 27.9 Å².